The fourth-order valence-corrected chi connectivity index (χ4v) is 7.37. The van der Waals surface area contributed by atoms with Gasteiger partial charge in [0, 0.05) is 54.7 Å². The molecule has 4 bridgehead atoms. The molecule has 11 heteroatoms. The van der Waals surface area contributed by atoms with Crippen LogP contribution in [0.1, 0.15) is 73.7 Å². The molecule has 44 heavy (non-hydrogen) atoms. The molecular formula is C33H41N7O4. The predicted octanol–water partition coefficient (Wildman–Crippen LogP) is 4.00. The van der Waals surface area contributed by atoms with Crippen molar-refractivity contribution in [3.63, 3.8) is 0 Å². The summed E-state index contributed by atoms with van der Waals surface area (Å²) in [6.07, 6.45) is 4.03. The predicted molar refractivity (Wildman–Crippen MR) is 167 cm³/mol. The summed E-state index contributed by atoms with van der Waals surface area (Å²) in [7, 11) is 1.62. The Kier molecular flexibility index (Phi) is 7.32. The molecule has 0 unspecified atom stereocenters. The van der Waals surface area contributed by atoms with Gasteiger partial charge in [0.15, 0.2) is 5.88 Å². The number of imidazole rings is 1. The van der Waals surface area contributed by atoms with E-state index in [2.05, 4.69) is 28.9 Å². The normalized spacial score (nSPS) is 26.0. The Hall–Kier alpha value is -3.96. The van der Waals surface area contributed by atoms with Crippen molar-refractivity contribution in [2.45, 2.75) is 83.6 Å². The van der Waals surface area contributed by atoms with Crippen molar-refractivity contribution in [3.8, 4) is 17.3 Å². The molecular weight excluding hydrogens is 558 g/mol. The number of carbonyl (C=O) groups is 2. The Morgan fingerprint density at radius 2 is 1.98 bits per heavy atom. The zero-order valence-electron chi connectivity index (χ0n) is 25.9. The molecule has 0 aliphatic carbocycles. The lowest BCUT2D eigenvalue weighted by Gasteiger charge is -2.23. The molecule has 2 fully saturated rings. The Morgan fingerprint density at radius 1 is 1.14 bits per heavy atom. The third-order valence-electron chi connectivity index (χ3n) is 9.74. The highest BCUT2D eigenvalue weighted by Gasteiger charge is 2.47. The lowest BCUT2D eigenvalue weighted by molar-refractivity contribution is -0.122. The second-order valence-corrected chi connectivity index (χ2v) is 12.8. The number of fused-ring (bicyclic) bond motifs is 4. The molecule has 0 saturated carbocycles. The first-order valence-electron chi connectivity index (χ1n) is 15.8. The van der Waals surface area contributed by atoms with E-state index in [1.807, 2.05) is 41.3 Å². The number of methoxy groups -OCH3 is 1. The number of aromatic nitrogens is 4. The molecule has 2 saturated heterocycles. The van der Waals surface area contributed by atoms with Crippen molar-refractivity contribution >= 4 is 28.5 Å². The minimum Gasteiger partial charge on any atom is -0.482 e. The zero-order chi connectivity index (χ0) is 30.7. The molecule has 232 valence electrons. The smallest absolute Gasteiger partial charge is 0.254 e. The fourth-order valence-electron chi connectivity index (χ4n) is 7.37. The van der Waals surface area contributed by atoms with Crippen LogP contribution in [0.4, 0.5) is 0 Å². The third-order valence-corrected chi connectivity index (χ3v) is 9.74. The van der Waals surface area contributed by atoms with Gasteiger partial charge in [-0.25, -0.2) is 9.97 Å². The van der Waals surface area contributed by atoms with E-state index in [1.165, 1.54) is 0 Å². The number of amides is 2. The highest BCUT2D eigenvalue weighted by atomic mass is 16.5. The van der Waals surface area contributed by atoms with E-state index >= 15 is 0 Å². The minimum absolute atomic E-state index is 0.00938. The van der Waals surface area contributed by atoms with Crippen molar-refractivity contribution in [3.05, 3.63) is 47.3 Å². The first-order chi connectivity index (χ1) is 21.2. The van der Waals surface area contributed by atoms with Gasteiger partial charge in [0.2, 0.25) is 5.91 Å². The molecule has 0 spiro atoms. The summed E-state index contributed by atoms with van der Waals surface area (Å²) in [6, 6.07) is 9.96. The van der Waals surface area contributed by atoms with Crippen LogP contribution in [0.3, 0.4) is 0 Å². The largest absolute Gasteiger partial charge is 0.482 e. The van der Waals surface area contributed by atoms with Crippen molar-refractivity contribution in [2.24, 2.45) is 11.7 Å². The number of nitrogens with zero attached hydrogens (tertiary/aromatic N) is 5. The van der Waals surface area contributed by atoms with Gasteiger partial charge in [-0.3, -0.25) is 14.0 Å². The van der Waals surface area contributed by atoms with Crippen LogP contribution in [0.2, 0.25) is 0 Å². The van der Waals surface area contributed by atoms with Gasteiger partial charge < -0.3 is 30.0 Å². The van der Waals surface area contributed by atoms with Gasteiger partial charge in [0.1, 0.15) is 17.0 Å². The third kappa shape index (κ3) is 4.82. The van der Waals surface area contributed by atoms with Gasteiger partial charge >= 0.3 is 0 Å². The topological polar surface area (TPSA) is 129 Å². The quantitative estimate of drug-likeness (QED) is 0.364. The summed E-state index contributed by atoms with van der Waals surface area (Å²) >= 11 is 0. The van der Waals surface area contributed by atoms with Crippen molar-refractivity contribution < 1.29 is 19.1 Å². The van der Waals surface area contributed by atoms with Gasteiger partial charge in [0.25, 0.3) is 5.91 Å². The van der Waals surface area contributed by atoms with E-state index in [9.17, 15) is 9.59 Å². The van der Waals surface area contributed by atoms with Gasteiger partial charge in [-0.05, 0) is 69.7 Å². The molecule has 5 atom stereocenters. The molecule has 3 aliphatic rings. The van der Waals surface area contributed by atoms with Crippen LogP contribution in [0.25, 0.3) is 28.1 Å². The van der Waals surface area contributed by atoms with E-state index in [-0.39, 0.29) is 36.0 Å². The van der Waals surface area contributed by atoms with Crippen LogP contribution in [-0.2, 0) is 16.1 Å². The number of nitrogens with one attached hydrogen (secondary N) is 1. The van der Waals surface area contributed by atoms with Gasteiger partial charge in [-0.2, -0.15) is 0 Å². The average molecular weight is 600 g/mol. The van der Waals surface area contributed by atoms with E-state index in [0.29, 0.717) is 42.6 Å². The summed E-state index contributed by atoms with van der Waals surface area (Å²) in [6.45, 7) is 7.85. The number of ether oxygens (including phenoxy) is 2. The Bertz CT molecular complexity index is 1760. The van der Waals surface area contributed by atoms with Crippen molar-refractivity contribution in [1.82, 2.24) is 29.2 Å². The number of nitrogens with two attached hydrogens (primary N) is 1. The summed E-state index contributed by atoms with van der Waals surface area (Å²) in [5.74, 6) is 0.793. The zero-order valence-corrected chi connectivity index (χ0v) is 25.9. The maximum Gasteiger partial charge on any atom is 0.254 e. The lowest BCUT2D eigenvalue weighted by atomic mass is 9.97. The van der Waals surface area contributed by atoms with Crippen LogP contribution in [0.15, 0.2) is 30.3 Å². The first kappa shape index (κ1) is 28.8. The van der Waals surface area contributed by atoms with Crippen molar-refractivity contribution in [2.75, 3.05) is 20.3 Å². The molecule has 3 aliphatic heterocycles. The maximum atomic E-state index is 13.8. The highest BCUT2D eigenvalue weighted by Crippen LogP contribution is 2.39. The molecule has 7 heterocycles. The maximum absolute atomic E-state index is 13.8. The number of rotatable bonds is 3. The summed E-state index contributed by atoms with van der Waals surface area (Å²) in [5.41, 5.74) is 11.9. The monoisotopic (exact) mass is 599 g/mol. The van der Waals surface area contributed by atoms with Gasteiger partial charge in [-0.15, -0.1) is 0 Å². The Balaban J connectivity index is 1.33. The highest BCUT2D eigenvalue weighted by molar-refractivity contribution is 5.96. The first-order valence-corrected chi connectivity index (χ1v) is 15.8. The molecule has 7 rings (SSSR count). The van der Waals surface area contributed by atoms with Crippen LogP contribution in [0, 0.1) is 12.8 Å². The molecule has 3 N–H and O–H groups in total. The minimum atomic E-state index is -0.238. The number of hydrogen-bond donors (Lipinski definition) is 2. The molecule has 4 aromatic heterocycles. The van der Waals surface area contributed by atoms with Crippen LogP contribution in [0.5, 0.6) is 5.88 Å². The van der Waals surface area contributed by atoms with Gasteiger partial charge in [-0.1, -0.05) is 6.92 Å². The average Bonchev–Trinajstić information content (AvgIpc) is 3.76. The van der Waals surface area contributed by atoms with Crippen LogP contribution in [-0.4, -0.2) is 74.1 Å². The molecule has 11 nitrogen and oxygen atoms in total. The molecule has 2 amide bonds. The Morgan fingerprint density at radius 3 is 2.73 bits per heavy atom. The lowest BCUT2D eigenvalue weighted by Crippen LogP contribution is -2.40. The van der Waals surface area contributed by atoms with E-state index in [4.69, 9.17) is 25.2 Å². The van der Waals surface area contributed by atoms with Crippen molar-refractivity contribution in [1.29, 1.82) is 0 Å². The van der Waals surface area contributed by atoms with Crippen LogP contribution < -0.4 is 15.8 Å². The Labute approximate surface area is 256 Å². The summed E-state index contributed by atoms with van der Waals surface area (Å²) in [4.78, 5) is 38.4. The van der Waals surface area contributed by atoms with E-state index in [1.54, 1.807) is 7.11 Å². The number of aryl methyl sites for hydroxylation is 2. The number of pyridine rings is 2. The molecule has 0 aromatic carbocycles. The second kappa shape index (κ2) is 11.2. The van der Waals surface area contributed by atoms with E-state index < -0.39 is 0 Å². The van der Waals surface area contributed by atoms with Crippen LogP contribution >= 0.6 is 0 Å². The second-order valence-electron chi connectivity index (χ2n) is 12.8. The standard InChI is InChI=1S/C33H41N7O4/c1-18-9-11-38-27(13-21-5-7-25(36-32(21)38)19(2)35-29(41)10-12-44-17-18)31-20(3)39-28(37-31)14-22(15-30(39)43-4)33(42)40-23-6-8-26(40)24(34)16-23/h5,7,13-15,18-19,23-24,26H,6,8-12,16-17,34H2,1-4H3,(H,35,41)/t18-,19+,23-,24+,26+/m0/s1. The summed E-state index contributed by atoms with van der Waals surface area (Å²) < 4.78 is 15.9. The van der Waals surface area contributed by atoms with E-state index in [0.717, 1.165) is 66.0 Å². The molecule has 4 aromatic rings. The molecule has 0 radical (unpaired) electrons. The number of carbonyl (C=O) groups excluding carboxylic acids is 2. The summed E-state index contributed by atoms with van der Waals surface area (Å²) in [5, 5.41) is 4.05. The fraction of sp³-hybridized carbons (Fsp3) is 0.515. The van der Waals surface area contributed by atoms with Gasteiger partial charge in [0.05, 0.1) is 36.8 Å². The SMILES string of the molecule is COc1cc(C(=O)N2[C@H]3CC[C@@H]2[C@H](N)C3)cc2nc(-c3cc4ccc5nc4n3CC[C@H](C)COCCC(=O)N[C@@H]5C)c(C)n12. The number of hydrogen-bond acceptors (Lipinski definition) is 7.